The Kier molecular flexibility index (Phi) is 3.76. The molecule has 2 rings (SSSR count). The van der Waals surface area contributed by atoms with Crippen LogP contribution in [0.1, 0.15) is 28.3 Å². The molecule has 17 heavy (non-hydrogen) atoms. The summed E-state index contributed by atoms with van der Waals surface area (Å²) in [6.07, 6.45) is 1.27. The third-order valence-corrected chi connectivity index (χ3v) is 3.76. The van der Waals surface area contributed by atoms with Gasteiger partial charge in [0.25, 0.3) is 5.91 Å². The molecule has 0 atom stereocenters. The highest BCUT2D eigenvalue weighted by molar-refractivity contribution is 7.09. The van der Waals surface area contributed by atoms with Crippen molar-refractivity contribution in [1.29, 1.82) is 0 Å². The summed E-state index contributed by atoms with van der Waals surface area (Å²) in [4.78, 5) is 16.1. The van der Waals surface area contributed by atoms with Crippen molar-refractivity contribution >= 4 is 17.2 Å². The Morgan fingerprint density at radius 2 is 2.35 bits per heavy atom. The van der Waals surface area contributed by atoms with Crippen molar-refractivity contribution < 1.29 is 14.6 Å². The van der Waals surface area contributed by atoms with Crippen LogP contribution in [0.3, 0.4) is 0 Å². The van der Waals surface area contributed by atoms with Crippen LogP contribution in [0.25, 0.3) is 0 Å². The number of nitrogens with zero attached hydrogens (tertiary/aromatic N) is 1. The molecule has 0 unspecified atom stereocenters. The van der Waals surface area contributed by atoms with E-state index in [2.05, 4.69) is 10.3 Å². The Morgan fingerprint density at radius 3 is 2.88 bits per heavy atom. The van der Waals surface area contributed by atoms with Gasteiger partial charge in [0, 0.05) is 18.6 Å². The Hall–Kier alpha value is -0.980. The molecule has 1 aliphatic rings. The van der Waals surface area contributed by atoms with Crippen LogP contribution in [0.4, 0.5) is 0 Å². The molecule has 5 nitrogen and oxygen atoms in total. The number of aliphatic hydroxyl groups is 1. The molecule has 0 spiro atoms. The van der Waals surface area contributed by atoms with Gasteiger partial charge >= 0.3 is 0 Å². The standard InChI is InChI=1S/C11H16N2O3S/c1-8-12-9(6-17-8)10(15)13-11(7-14)2-4-16-5-3-11/h6,14H,2-5,7H2,1H3,(H,13,15). The quantitative estimate of drug-likeness (QED) is 0.836. The highest BCUT2D eigenvalue weighted by Crippen LogP contribution is 2.21. The van der Waals surface area contributed by atoms with Crippen molar-refractivity contribution in [3.8, 4) is 0 Å². The van der Waals surface area contributed by atoms with Crippen molar-refractivity contribution in [2.24, 2.45) is 0 Å². The number of carbonyl (C=O) groups excluding carboxylic acids is 1. The van der Waals surface area contributed by atoms with Gasteiger partial charge in [-0.25, -0.2) is 4.98 Å². The van der Waals surface area contributed by atoms with Gasteiger partial charge < -0.3 is 15.2 Å². The first-order chi connectivity index (χ1) is 8.15. The molecular weight excluding hydrogens is 240 g/mol. The van der Waals surface area contributed by atoms with Crippen molar-refractivity contribution in [1.82, 2.24) is 10.3 Å². The minimum absolute atomic E-state index is 0.0643. The van der Waals surface area contributed by atoms with E-state index in [0.717, 1.165) is 5.01 Å². The van der Waals surface area contributed by atoms with E-state index in [0.29, 0.717) is 31.7 Å². The van der Waals surface area contributed by atoms with Crippen LogP contribution < -0.4 is 5.32 Å². The Labute approximate surface area is 104 Å². The number of aryl methyl sites for hydroxylation is 1. The normalized spacial score (nSPS) is 18.9. The van der Waals surface area contributed by atoms with Gasteiger partial charge in [-0.2, -0.15) is 0 Å². The summed E-state index contributed by atoms with van der Waals surface area (Å²) in [6, 6.07) is 0. The topological polar surface area (TPSA) is 71.5 Å². The molecule has 6 heteroatoms. The highest BCUT2D eigenvalue weighted by atomic mass is 32.1. The van der Waals surface area contributed by atoms with E-state index in [1.54, 1.807) is 5.38 Å². The predicted octanol–water partition coefficient (Wildman–Crippen LogP) is 0.723. The van der Waals surface area contributed by atoms with E-state index >= 15 is 0 Å². The lowest BCUT2D eigenvalue weighted by atomic mass is 9.91. The number of rotatable bonds is 3. The van der Waals surface area contributed by atoms with Crippen molar-refractivity contribution in [2.75, 3.05) is 19.8 Å². The first-order valence-electron chi connectivity index (χ1n) is 5.58. The number of thiazole rings is 1. The number of nitrogens with one attached hydrogen (secondary N) is 1. The fourth-order valence-corrected chi connectivity index (χ4v) is 2.45. The summed E-state index contributed by atoms with van der Waals surface area (Å²) in [6.45, 7) is 2.93. The van der Waals surface area contributed by atoms with Gasteiger partial charge in [-0.3, -0.25) is 4.79 Å². The first-order valence-corrected chi connectivity index (χ1v) is 6.46. The molecule has 1 saturated heterocycles. The van der Waals surface area contributed by atoms with Crippen molar-refractivity contribution in [3.05, 3.63) is 16.1 Å². The van der Waals surface area contributed by atoms with Gasteiger partial charge in [-0.15, -0.1) is 11.3 Å². The van der Waals surface area contributed by atoms with E-state index < -0.39 is 5.54 Å². The molecule has 2 N–H and O–H groups in total. The molecule has 1 fully saturated rings. The van der Waals surface area contributed by atoms with Crippen LogP contribution in [0, 0.1) is 6.92 Å². The molecule has 0 bridgehead atoms. The third-order valence-electron chi connectivity index (χ3n) is 2.98. The number of hydrogen-bond acceptors (Lipinski definition) is 5. The van der Waals surface area contributed by atoms with Crippen LogP contribution in [-0.4, -0.2) is 41.4 Å². The van der Waals surface area contributed by atoms with Gasteiger partial charge in [0.1, 0.15) is 5.69 Å². The van der Waals surface area contributed by atoms with E-state index in [-0.39, 0.29) is 12.5 Å². The zero-order valence-electron chi connectivity index (χ0n) is 9.73. The fourth-order valence-electron chi connectivity index (χ4n) is 1.86. The van der Waals surface area contributed by atoms with Crippen molar-refractivity contribution in [2.45, 2.75) is 25.3 Å². The molecule has 1 aromatic rings. The molecule has 0 saturated carbocycles. The summed E-state index contributed by atoms with van der Waals surface area (Å²) in [7, 11) is 0. The lowest BCUT2D eigenvalue weighted by Gasteiger charge is -2.36. The summed E-state index contributed by atoms with van der Waals surface area (Å²) in [5.74, 6) is -0.217. The van der Waals surface area contributed by atoms with E-state index in [1.807, 2.05) is 6.92 Å². The van der Waals surface area contributed by atoms with Gasteiger partial charge in [0.2, 0.25) is 0 Å². The monoisotopic (exact) mass is 256 g/mol. The Balaban J connectivity index is 2.05. The summed E-state index contributed by atoms with van der Waals surface area (Å²) in [5, 5.41) is 14.9. The van der Waals surface area contributed by atoms with Crippen LogP contribution in [0.15, 0.2) is 5.38 Å². The maximum atomic E-state index is 12.0. The minimum Gasteiger partial charge on any atom is -0.394 e. The molecular formula is C11H16N2O3S. The molecule has 94 valence electrons. The maximum absolute atomic E-state index is 12.0. The average Bonchev–Trinajstić information content (AvgIpc) is 2.77. The van der Waals surface area contributed by atoms with E-state index in [1.165, 1.54) is 11.3 Å². The smallest absolute Gasteiger partial charge is 0.271 e. The second-order valence-corrected chi connectivity index (χ2v) is 5.32. The number of aromatic nitrogens is 1. The molecule has 0 radical (unpaired) electrons. The lowest BCUT2D eigenvalue weighted by molar-refractivity contribution is 0.0124. The summed E-state index contributed by atoms with van der Waals surface area (Å²) < 4.78 is 5.24. The second kappa shape index (κ2) is 5.12. The fraction of sp³-hybridized carbons (Fsp3) is 0.636. The van der Waals surface area contributed by atoms with Gasteiger partial charge in [0.05, 0.1) is 17.2 Å². The van der Waals surface area contributed by atoms with Crippen LogP contribution in [0.2, 0.25) is 0 Å². The summed E-state index contributed by atoms with van der Waals surface area (Å²) >= 11 is 1.44. The van der Waals surface area contributed by atoms with Gasteiger partial charge in [-0.1, -0.05) is 0 Å². The van der Waals surface area contributed by atoms with Crippen LogP contribution in [0.5, 0.6) is 0 Å². The predicted molar refractivity (Wildman–Crippen MR) is 64.2 cm³/mol. The first kappa shape index (κ1) is 12.5. The molecule has 0 aliphatic carbocycles. The number of amides is 1. The van der Waals surface area contributed by atoms with Crippen molar-refractivity contribution in [3.63, 3.8) is 0 Å². The summed E-state index contributed by atoms with van der Waals surface area (Å²) in [5.41, 5.74) is -0.126. The molecule has 1 aliphatic heterocycles. The third kappa shape index (κ3) is 2.83. The van der Waals surface area contributed by atoms with Gasteiger partial charge in [-0.05, 0) is 19.8 Å². The van der Waals surface area contributed by atoms with E-state index in [9.17, 15) is 9.90 Å². The number of ether oxygens (including phenoxy) is 1. The van der Waals surface area contributed by atoms with E-state index in [4.69, 9.17) is 4.74 Å². The highest BCUT2D eigenvalue weighted by Gasteiger charge is 2.34. The van der Waals surface area contributed by atoms with Crippen LogP contribution in [-0.2, 0) is 4.74 Å². The zero-order valence-corrected chi connectivity index (χ0v) is 10.5. The minimum atomic E-state index is -0.549. The zero-order chi connectivity index (χ0) is 12.3. The maximum Gasteiger partial charge on any atom is 0.271 e. The molecule has 2 heterocycles. The number of hydrogen-bond donors (Lipinski definition) is 2. The molecule has 1 amide bonds. The average molecular weight is 256 g/mol. The van der Waals surface area contributed by atoms with Crippen LogP contribution >= 0.6 is 11.3 Å². The SMILES string of the molecule is Cc1nc(C(=O)NC2(CO)CCOCC2)cs1. The van der Waals surface area contributed by atoms with Gasteiger partial charge in [0.15, 0.2) is 0 Å². The lowest BCUT2D eigenvalue weighted by Crippen LogP contribution is -2.54. The number of carbonyl (C=O) groups is 1. The largest absolute Gasteiger partial charge is 0.394 e. The molecule has 0 aromatic carbocycles. The Morgan fingerprint density at radius 1 is 1.65 bits per heavy atom. The Bertz CT molecular complexity index is 399. The molecule has 1 aromatic heterocycles. The number of aliphatic hydroxyl groups excluding tert-OH is 1. The second-order valence-electron chi connectivity index (χ2n) is 4.26.